The Balaban J connectivity index is 0. The van der Waals surface area contributed by atoms with E-state index in [1.165, 1.54) is 6.08 Å². The van der Waals surface area contributed by atoms with Crippen LogP contribution in [0.3, 0.4) is 0 Å². The molecule has 0 fully saturated rings. The summed E-state index contributed by atoms with van der Waals surface area (Å²) in [6.45, 7) is 5.02. The summed E-state index contributed by atoms with van der Waals surface area (Å²) in [5, 5.41) is 25.1. The molecule has 0 aliphatic carbocycles. The monoisotopic (exact) mass is 260 g/mol. The van der Waals surface area contributed by atoms with Gasteiger partial charge in [0.2, 0.25) is 0 Å². The molecule has 104 valence electrons. The van der Waals surface area contributed by atoms with Gasteiger partial charge in [0.15, 0.2) is 5.76 Å². The maximum atomic E-state index is 10.9. The number of aliphatic carboxylic acids is 1. The van der Waals surface area contributed by atoms with Crippen molar-refractivity contribution in [3.63, 3.8) is 0 Å². The zero-order chi connectivity index (χ0) is 14.4. The smallest absolute Gasteiger partial charge is 0.373 e. The van der Waals surface area contributed by atoms with Crippen molar-refractivity contribution in [2.75, 3.05) is 13.2 Å². The molecule has 0 saturated heterocycles. The number of carbonyl (C=O) groups is 2. The third-order valence-corrected chi connectivity index (χ3v) is 1.55. The van der Waals surface area contributed by atoms with Gasteiger partial charge in [0.1, 0.15) is 0 Å². The minimum Gasteiger partial charge on any atom is -0.502 e. The lowest BCUT2D eigenvalue weighted by Gasteiger charge is -2.01. The van der Waals surface area contributed by atoms with Crippen LogP contribution in [0.2, 0.25) is 0 Å². The summed E-state index contributed by atoms with van der Waals surface area (Å²) in [6, 6.07) is 0. The van der Waals surface area contributed by atoms with Crippen LogP contribution in [-0.4, -0.2) is 40.5 Å². The highest BCUT2D eigenvalue weighted by Gasteiger charge is 2.07. The molecule has 6 nitrogen and oxygen atoms in total. The van der Waals surface area contributed by atoms with Gasteiger partial charge >= 0.3 is 11.9 Å². The van der Waals surface area contributed by atoms with Crippen LogP contribution in [0.5, 0.6) is 0 Å². The van der Waals surface area contributed by atoms with E-state index >= 15 is 0 Å². The van der Waals surface area contributed by atoms with Crippen LogP contribution in [0.4, 0.5) is 0 Å². The van der Waals surface area contributed by atoms with Gasteiger partial charge in [-0.1, -0.05) is 19.9 Å². The first-order valence-electron chi connectivity index (χ1n) is 5.52. The first-order chi connectivity index (χ1) is 8.49. The third kappa shape index (κ3) is 14.2. The number of aliphatic hydroxyl groups excluding tert-OH is 2. The lowest BCUT2D eigenvalue weighted by atomic mass is 10.3. The van der Waals surface area contributed by atoms with Gasteiger partial charge in [0.25, 0.3) is 0 Å². The molecule has 0 unspecified atom stereocenters. The third-order valence-electron chi connectivity index (χ3n) is 1.55. The van der Waals surface area contributed by atoms with Crippen molar-refractivity contribution in [3.05, 3.63) is 24.5 Å². The van der Waals surface area contributed by atoms with Crippen molar-refractivity contribution in [1.29, 1.82) is 0 Å². The predicted molar refractivity (Wildman–Crippen MR) is 66.1 cm³/mol. The van der Waals surface area contributed by atoms with E-state index in [0.29, 0.717) is 12.8 Å². The van der Waals surface area contributed by atoms with Crippen LogP contribution < -0.4 is 0 Å². The second kappa shape index (κ2) is 13.2. The van der Waals surface area contributed by atoms with Gasteiger partial charge in [-0.15, -0.1) is 0 Å². The molecule has 0 aromatic rings. The molecule has 0 saturated carbocycles. The summed E-state index contributed by atoms with van der Waals surface area (Å²) in [4.78, 5) is 20.2. The first-order valence-corrected chi connectivity index (χ1v) is 5.52. The van der Waals surface area contributed by atoms with Crippen LogP contribution >= 0.6 is 0 Å². The van der Waals surface area contributed by atoms with Crippen LogP contribution in [0.15, 0.2) is 24.5 Å². The number of carbonyl (C=O) groups excluding carboxylic acids is 1. The minimum absolute atomic E-state index is 0.0211. The number of unbranched alkanes of at least 4 members (excludes halogenated alkanes) is 1. The molecule has 0 aromatic heterocycles. The molecule has 0 atom stereocenters. The molecular formula is C12H20O6. The summed E-state index contributed by atoms with van der Waals surface area (Å²) in [5.41, 5.74) is 0. The summed E-state index contributed by atoms with van der Waals surface area (Å²) in [5.74, 6) is -2.05. The normalized spacial score (nSPS) is 10.0. The maximum absolute atomic E-state index is 10.9. The lowest BCUT2D eigenvalue weighted by Crippen LogP contribution is -2.09. The van der Waals surface area contributed by atoms with Crippen molar-refractivity contribution in [2.45, 2.75) is 26.2 Å². The van der Waals surface area contributed by atoms with E-state index in [1.807, 2.05) is 6.92 Å². The van der Waals surface area contributed by atoms with E-state index in [-0.39, 0.29) is 19.0 Å². The number of aliphatic hydroxyl groups is 2. The Morgan fingerprint density at radius 1 is 1.33 bits per heavy atom. The van der Waals surface area contributed by atoms with Crippen molar-refractivity contribution < 1.29 is 29.6 Å². The Labute approximate surface area is 106 Å². The number of hydrogen-bond donors (Lipinski definition) is 3. The molecule has 3 N–H and O–H groups in total. The Hall–Kier alpha value is -1.82. The van der Waals surface area contributed by atoms with E-state index in [1.54, 1.807) is 0 Å². The molecule has 0 heterocycles. The van der Waals surface area contributed by atoms with Gasteiger partial charge in [-0.25, -0.2) is 9.59 Å². The average Bonchev–Trinajstić information content (AvgIpc) is 2.36. The van der Waals surface area contributed by atoms with Crippen molar-refractivity contribution in [2.24, 2.45) is 0 Å². The van der Waals surface area contributed by atoms with E-state index in [2.05, 4.69) is 11.3 Å². The quantitative estimate of drug-likeness (QED) is 0.277. The topological polar surface area (TPSA) is 104 Å². The fourth-order valence-corrected chi connectivity index (χ4v) is 0.668. The molecule has 0 bridgehead atoms. The van der Waals surface area contributed by atoms with Crippen molar-refractivity contribution >= 4 is 11.9 Å². The summed E-state index contributed by atoms with van der Waals surface area (Å²) in [6.07, 6.45) is 4.18. The fraction of sp³-hybridized carbons (Fsp3) is 0.500. The van der Waals surface area contributed by atoms with Crippen LogP contribution in [-0.2, 0) is 14.3 Å². The van der Waals surface area contributed by atoms with Crippen LogP contribution in [0.1, 0.15) is 26.2 Å². The standard InChI is InChI=1S/C9H16O4.C3H4O2/c1-2-3-5-8(11)9(12)13-7-4-6-10;1-2-3(4)5/h5,10-11H,2-4,6-7H2,1H3;2H,1H2,(H,4,5). The molecule has 18 heavy (non-hydrogen) atoms. The largest absolute Gasteiger partial charge is 0.502 e. The fourth-order valence-electron chi connectivity index (χ4n) is 0.668. The Morgan fingerprint density at radius 2 is 1.89 bits per heavy atom. The van der Waals surface area contributed by atoms with Crippen molar-refractivity contribution in [1.82, 2.24) is 0 Å². The van der Waals surface area contributed by atoms with E-state index in [0.717, 1.165) is 12.5 Å². The van der Waals surface area contributed by atoms with Gasteiger partial charge in [0, 0.05) is 19.1 Å². The van der Waals surface area contributed by atoms with Gasteiger partial charge in [-0.05, 0) is 12.5 Å². The number of esters is 1. The SMILES string of the molecule is C=CC(=O)O.CCCC=C(O)C(=O)OCCCO. The zero-order valence-electron chi connectivity index (χ0n) is 10.5. The Morgan fingerprint density at radius 3 is 2.28 bits per heavy atom. The van der Waals surface area contributed by atoms with E-state index in [4.69, 9.17) is 15.3 Å². The van der Waals surface area contributed by atoms with Gasteiger partial charge in [-0.3, -0.25) is 0 Å². The number of hydrogen-bond acceptors (Lipinski definition) is 5. The second-order valence-electron chi connectivity index (χ2n) is 3.13. The molecule has 0 radical (unpaired) electrons. The molecule has 0 aromatic carbocycles. The molecular weight excluding hydrogens is 240 g/mol. The van der Waals surface area contributed by atoms with Crippen LogP contribution in [0.25, 0.3) is 0 Å². The number of carboxylic acid groups (broad SMARTS) is 1. The number of allylic oxidation sites excluding steroid dienone is 1. The van der Waals surface area contributed by atoms with E-state index in [9.17, 15) is 9.59 Å². The molecule has 6 heteroatoms. The van der Waals surface area contributed by atoms with Gasteiger partial charge < -0.3 is 20.1 Å². The summed E-state index contributed by atoms with van der Waals surface area (Å²) in [7, 11) is 0. The van der Waals surface area contributed by atoms with Crippen molar-refractivity contribution in [3.8, 4) is 0 Å². The lowest BCUT2D eigenvalue weighted by molar-refractivity contribution is -0.142. The highest BCUT2D eigenvalue weighted by Crippen LogP contribution is 1.98. The first kappa shape index (κ1) is 18.5. The minimum atomic E-state index is -0.981. The molecule has 0 spiro atoms. The average molecular weight is 260 g/mol. The Bertz CT molecular complexity index is 282. The number of ether oxygens (including phenoxy) is 1. The highest BCUT2D eigenvalue weighted by molar-refractivity contribution is 5.85. The number of carboxylic acids is 1. The highest BCUT2D eigenvalue weighted by atomic mass is 16.5. The summed E-state index contributed by atoms with van der Waals surface area (Å²) < 4.78 is 4.62. The van der Waals surface area contributed by atoms with Crippen LogP contribution in [0, 0.1) is 0 Å². The molecule has 0 amide bonds. The Kier molecular flexibility index (Phi) is 13.6. The molecule has 0 aliphatic heterocycles. The zero-order valence-corrected chi connectivity index (χ0v) is 10.5. The van der Waals surface area contributed by atoms with Gasteiger partial charge in [0.05, 0.1) is 6.61 Å². The molecule has 0 aliphatic rings. The maximum Gasteiger partial charge on any atom is 0.373 e. The second-order valence-corrected chi connectivity index (χ2v) is 3.13. The summed E-state index contributed by atoms with van der Waals surface area (Å²) >= 11 is 0. The predicted octanol–water partition coefficient (Wildman–Crippen LogP) is 1.41. The molecule has 0 rings (SSSR count). The number of rotatable bonds is 7. The van der Waals surface area contributed by atoms with E-state index < -0.39 is 11.9 Å². The van der Waals surface area contributed by atoms with Gasteiger partial charge in [-0.2, -0.15) is 0 Å².